The first-order valence-electron chi connectivity index (χ1n) is 5.71. The molecule has 0 saturated carbocycles. The number of rotatable bonds is 3. The predicted octanol–water partition coefficient (Wildman–Crippen LogP) is 3.95. The van der Waals surface area contributed by atoms with Gasteiger partial charge in [-0.25, -0.2) is 0 Å². The van der Waals surface area contributed by atoms with Crippen LogP contribution in [0.1, 0.15) is 10.4 Å². The molecule has 0 aliphatic carbocycles. The van der Waals surface area contributed by atoms with E-state index in [1.807, 2.05) is 0 Å². The molecule has 0 aliphatic rings. The summed E-state index contributed by atoms with van der Waals surface area (Å²) in [6.45, 7) is 0. The number of carbonyl (C=O) groups excluding carboxylic acids is 1. The van der Waals surface area contributed by atoms with Crippen molar-refractivity contribution in [2.24, 2.45) is 0 Å². The van der Waals surface area contributed by atoms with Crippen molar-refractivity contribution in [2.75, 3.05) is 18.2 Å². The zero-order chi connectivity index (χ0) is 14.7. The SMILES string of the molecule is COc1cc(Br)ccc1C(=O)Nc1ccc(Cl)cc1N. The van der Waals surface area contributed by atoms with E-state index in [-0.39, 0.29) is 5.91 Å². The Kier molecular flexibility index (Phi) is 4.52. The van der Waals surface area contributed by atoms with Gasteiger partial charge in [0.2, 0.25) is 0 Å². The summed E-state index contributed by atoms with van der Waals surface area (Å²) < 4.78 is 6.02. The molecule has 2 rings (SSSR count). The molecule has 2 aromatic rings. The van der Waals surface area contributed by atoms with E-state index in [0.29, 0.717) is 27.7 Å². The molecular formula is C14H12BrClN2O2. The predicted molar refractivity (Wildman–Crippen MR) is 84.5 cm³/mol. The van der Waals surface area contributed by atoms with Gasteiger partial charge in [0.25, 0.3) is 5.91 Å². The van der Waals surface area contributed by atoms with E-state index in [9.17, 15) is 4.79 Å². The smallest absolute Gasteiger partial charge is 0.259 e. The summed E-state index contributed by atoms with van der Waals surface area (Å²) >= 11 is 9.14. The molecule has 6 heteroatoms. The lowest BCUT2D eigenvalue weighted by molar-refractivity contribution is 0.102. The van der Waals surface area contributed by atoms with Crippen molar-refractivity contribution in [3.63, 3.8) is 0 Å². The fourth-order valence-electron chi connectivity index (χ4n) is 1.69. The van der Waals surface area contributed by atoms with Crippen molar-refractivity contribution in [2.45, 2.75) is 0 Å². The number of methoxy groups -OCH3 is 1. The summed E-state index contributed by atoms with van der Waals surface area (Å²) in [4.78, 5) is 12.2. The Hall–Kier alpha value is -1.72. The molecule has 20 heavy (non-hydrogen) atoms. The third kappa shape index (κ3) is 3.23. The van der Waals surface area contributed by atoms with Crippen LogP contribution in [0.3, 0.4) is 0 Å². The molecule has 0 bridgehead atoms. The minimum Gasteiger partial charge on any atom is -0.496 e. The molecule has 0 spiro atoms. The second-order valence-electron chi connectivity index (χ2n) is 4.03. The first-order valence-corrected chi connectivity index (χ1v) is 6.88. The molecule has 0 radical (unpaired) electrons. The minimum absolute atomic E-state index is 0.302. The highest BCUT2D eigenvalue weighted by Gasteiger charge is 2.14. The van der Waals surface area contributed by atoms with Crippen molar-refractivity contribution < 1.29 is 9.53 Å². The number of nitrogens with two attached hydrogens (primary N) is 1. The minimum atomic E-state index is -0.302. The molecule has 0 aromatic heterocycles. The molecule has 0 atom stereocenters. The second-order valence-corrected chi connectivity index (χ2v) is 5.38. The Labute approximate surface area is 130 Å². The summed E-state index contributed by atoms with van der Waals surface area (Å²) in [5.41, 5.74) is 7.13. The van der Waals surface area contributed by atoms with Crippen LogP contribution in [0.4, 0.5) is 11.4 Å². The van der Waals surface area contributed by atoms with E-state index >= 15 is 0 Å². The highest BCUT2D eigenvalue weighted by molar-refractivity contribution is 9.10. The molecular weight excluding hydrogens is 344 g/mol. The van der Waals surface area contributed by atoms with Gasteiger partial charge in [0, 0.05) is 9.50 Å². The number of hydrogen-bond acceptors (Lipinski definition) is 3. The summed E-state index contributed by atoms with van der Waals surface area (Å²) in [6, 6.07) is 10.1. The van der Waals surface area contributed by atoms with Crippen LogP contribution in [-0.2, 0) is 0 Å². The standard InChI is InChI=1S/C14H12BrClN2O2/c1-20-13-6-8(15)2-4-10(13)14(19)18-12-5-3-9(16)7-11(12)17/h2-7H,17H2,1H3,(H,18,19). The van der Waals surface area contributed by atoms with Crippen molar-refractivity contribution in [3.8, 4) is 5.75 Å². The maximum atomic E-state index is 12.2. The summed E-state index contributed by atoms with van der Waals surface area (Å²) in [5.74, 6) is 0.174. The molecule has 0 fully saturated rings. The van der Waals surface area contributed by atoms with Crippen LogP contribution >= 0.6 is 27.5 Å². The van der Waals surface area contributed by atoms with Gasteiger partial charge in [0.15, 0.2) is 0 Å². The van der Waals surface area contributed by atoms with Crippen molar-refractivity contribution in [1.82, 2.24) is 0 Å². The molecule has 0 heterocycles. The highest BCUT2D eigenvalue weighted by atomic mass is 79.9. The van der Waals surface area contributed by atoms with Gasteiger partial charge < -0.3 is 15.8 Å². The lowest BCUT2D eigenvalue weighted by atomic mass is 10.1. The molecule has 1 amide bonds. The van der Waals surface area contributed by atoms with E-state index in [1.165, 1.54) is 7.11 Å². The zero-order valence-electron chi connectivity index (χ0n) is 10.6. The van der Waals surface area contributed by atoms with E-state index in [2.05, 4.69) is 21.2 Å². The van der Waals surface area contributed by atoms with Crippen LogP contribution in [0, 0.1) is 0 Å². The van der Waals surface area contributed by atoms with Crippen molar-refractivity contribution >= 4 is 44.8 Å². The van der Waals surface area contributed by atoms with Gasteiger partial charge in [-0.3, -0.25) is 4.79 Å². The monoisotopic (exact) mass is 354 g/mol. The van der Waals surface area contributed by atoms with Gasteiger partial charge >= 0.3 is 0 Å². The summed E-state index contributed by atoms with van der Waals surface area (Å²) in [5, 5.41) is 3.25. The van der Waals surface area contributed by atoms with Crippen LogP contribution in [0.2, 0.25) is 5.02 Å². The lowest BCUT2D eigenvalue weighted by Gasteiger charge is -2.11. The number of ether oxygens (including phenoxy) is 1. The molecule has 104 valence electrons. The van der Waals surface area contributed by atoms with Gasteiger partial charge in [0.05, 0.1) is 24.0 Å². The first kappa shape index (κ1) is 14.7. The van der Waals surface area contributed by atoms with Crippen molar-refractivity contribution in [3.05, 3.63) is 51.5 Å². The van der Waals surface area contributed by atoms with E-state index in [1.54, 1.807) is 36.4 Å². The molecule has 0 saturated heterocycles. The van der Waals surface area contributed by atoms with E-state index in [0.717, 1.165) is 4.47 Å². The molecule has 0 unspecified atom stereocenters. The fourth-order valence-corrected chi connectivity index (χ4v) is 2.21. The Balaban J connectivity index is 2.28. The second kappa shape index (κ2) is 6.15. The van der Waals surface area contributed by atoms with Crippen LogP contribution in [0.25, 0.3) is 0 Å². The van der Waals surface area contributed by atoms with Gasteiger partial charge in [-0.05, 0) is 36.4 Å². The number of nitrogens with one attached hydrogen (secondary N) is 1. The van der Waals surface area contributed by atoms with Gasteiger partial charge in [-0.15, -0.1) is 0 Å². The Morgan fingerprint density at radius 1 is 1.30 bits per heavy atom. The van der Waals surface area contributed by atoms with Gasteiger partial charge in [0.1, 0.15) is 5.75 Å². The third-order valence-corrected chi connectivity index (χ3v) is 3.40. The van der Waals surface area contributed by atoms with E-state index < -0.39 is 0 Å². The van der Waals surface area contributed by atoms with Crippen LogP contribution in [-0.4, -0.2) is 13.0 Å². The molecule has 4 nitrogen and oxygen atoms in total. The average molecular weight is 356 g/mol. The zero-order valence-corrected chi connectivity index (χ0v) is 13.0. The average Bonchev–Trinajstić information content (AvgIpc) is 2.41. The van der Waals surface area contributed by atoms with Gasteiger partial charge in [-0.2, -0.15) is 0 Å². The Morgan fingerprint density at radius 3 is 2.70 bits per heavy atom. The summed E-state index contributed by atoms with van der Waals surface area (Å²) in [6.07, 6.45) is 0. The molecule has 2 aromatic carbocycles. The number of hydrogen-bond donors (Lipinski definition) is 2. The number of nitrogen functional groups attached to an aromatic ring is 1. The van der Waals surface area contributed by atoms with Crippen LogP contribution < -0.4 is 15.8 Å². The van der Waals surface area contributed by atoms with Crippen LogP contribution in [0.5, 0.6) is 5.75 Å². The fraction of sp³-hybridized carbons (Fsp3) is 0.0714. The maximum absolute atomic E-state index is 12.2. The largest absolute Gasteiger partial charge is 0.496 e. The first-order chi connectivity index (χ1) is 9.51. The number of anilines is 2. The topological polar surface area (TPSA) is 64.3 Å². The molecule has 0 aliphatic heterocycles. The van der Waals surface area contributed by atoms with Crippen LogP contribution in [0.15, 0.2) is 40.9 Å². The quantitative estimate of drug-likeness (QED) is 0.820. The van der Waals surface area contributed by atoms with Gasteiger partial charge in [-0.1, -0.05) is 27.5 Å². The normalized spacial score (nSPS) is 10.2. The summed E-state index contributed by atoms with van der Waals surface area (Å²) in [7, 11) is 1.51. The Morgan fingerprint density at radius 2 is 2.05 bits per heavy atom. The Bertz CT molecular complexity index is 662. The maximum Gasteiger partial charge on any atom is 0.259 e. The lowest BCUT2D eigenvalue weighted by Crippen LogP contribution is -2.14. The number of carbonyl (C=O) groups is 1. The molecule has 3 N–H and O–H groups in total. The number of benzene rings is 2. The highest BCUT2D eigenvalue weighted by Crippen LogP contribution is 2.27. The van der Waals surface area contributed by atoms with Crippen molar-refractivity contribution in [1.29, 1.82) is 0 Å². The third-order valence-electron chi connectivity index (χ3n) is 2.67. The number of halogens is 2. The number of amides is 1. The van der Waals surface area contributed by atoms with E-state index in [4.69, 9.17) is 22.1 Å².